The first-order valence-corrected chi connectivity index (χ1v) is 9.74. The van der Waals surface area contributed by atoms with Crippen molar-refractivity contribution in [1.82, 2.24) is 19.9 Å². The van der Waals surface area contributed by atoms with E-state index < -0.39 is 0 Å². The number of carbonyl (C=O) groups excluding carboxylic acids is 1. The van der Waals surface area contributed by atoms with Crippen molar-refractivity contribution in [1.29, 1.82) is 0 Å². The van der Waals surface area contributed by atoms with Crippen LogP contribution in [0.15, 0.2) is 42.7 Å². The number of nitrogens with zero attached hydrogens (tertiary/aromatic N) is 3. The third kappa shape index (κ3) is 3.34. The molecule has 0 saturated heterocycles. The summed E-state index contributed by atoms with van der Waals surface area (Å²) in [4.78, 5) is 17.4. The number of hydrogen-bond donors (Lipinski definition) is 1. The van der Waals surface area contributed by atoms with Crippen LogP contribution < -0.4 is 5.32 Å². The van der Waals surface area contributed by atoms with Gasteiger partial charge in [0.1, 0.15) is 5.56 Å². The molecule has 5 nitrogen and oxygen atoms in total. The van der Waals surface area contributed by atoms with Gasteiger partial charge < -0.3 is 5.32 Å². The van der Waals surface area contributed by atoms with Crippen molar-refractivity contribution in [3.8, 4) is 0 Å². The van der Waals surface area contributed by atoms with Crippen LogP contribution in [0.25, 0.3) is 5.65 Å². The highest BCUT2D eigenvalue weighted by Gasteiger charge is 2.34. The molecule has 140 valence electrons. The zero-order chi connectivity index (χ0) is 18.9. The number of benzene rings is 1. The summed E-state index contributed by atoms with van der Waals surface area (Å²) in [6, 6.07) is 10.6. The maximum atomic E-state index is 13.0. The van der Waals surface area contributed by atoms with Crippen molar-refractivity contribution in [2.24, 2.45) is 0 Å². The van der Waals surface area contributed by atoms with E-state index in [2.05, 4.69) is 46.6 Å². The zero-order valence-corrected chi connectivity index (χ0v) is 16.0. The third-order valence-corrected chi connectivity index (χ3v) is 5.83. The molecule has 1 aliphatic carbocycles. The number of rotatable bonds is 4. The van der Waals surface area contributed by atoms with Crippen LogP contribution in [-0.2, 0) is 5.41 Å². The predicted molar refractivity (Wildman–Crippen MR) is 106 cm³/mol. The summed E-state index contributed by atoms with van der Waals surface area (Å²) in [7, 11) is 0. The van der Waals surface area contributed by atoms with E-state index in [-0.39, 0.29) is 11.3 Å². The van der Waals surface area contributed by atoms with Gasteiger partial charge in [-0.2, -0.15) is 5.10 Å². The molecular formula is C22H26N4O. The summed E-state index contributed by atoms with van der Waals surface area (Å²) in [6.07, 6.45) is 9.44. The van der Waals surface area contributed by atoms with Crippen LogP contribution in [-0.4, -0.2) is 27.0 Å². The highest BCUT2D eigenvalue weighted by molar-refractivity contribution is 6.01. The Hall–Kier alpha value is -2.69. The van der Waals surface area contributed by atoms with Gasteiger partial charge in [-0.25, -0.2) is 9.50 Å². The van der Waals surface area contributed by atoms with Gasteiger partial charge in [-0.3, -0.25) is 4.79 Å². The van der Waals surface area contributed by atoms with E-state index in [1.54, 1.807) is 10.7 Å². The molecule has 1 fully saturated rings. The fourth-order valence-electron chi connectivity index (χ4n) is 4.37. The molecule has 3 aromatic rings. The van der Waals surface area contributed by atoms with E-state index in [1.165, 1.54) is 30.4 Å². The fourth-order valence-corrected chi connectivity index (χ4v) is 4.37. The van der Waals surface area contributed by atoms with Crippen molar-refractivity contribution in [3.05, 3.63) is 65.1 Å². The number of aromatic nitrogens is 3. The van der Waals surface area contributed by atoms with Crippen molar-refractivity contribution in [2.75, 3.05) is 6.54 Å². The second-order valence-corrected chi connectivity index (χ2v) is 7.74. The van der Waals surface area contributed by atoms with E-state index >= 15 is 0 Å². The molecule has 0 radical (unpaired) electrons. The highest BCUT2D eigenvalue weighted by Crippen LogP contribution is 2.39. The Balaban J connectivity index is 1.61. The summed E-state index contributed by atoms with van der Waals surface area (Å²) in [5.74, 6) is -0.0844. The van der Waals surface area contributed by atoms with Crippen LogP contribution in [0.4, 0.5) is 0 Å². The molecule has 0 bridgehead atoms. The van der Waals surface area contributed by atoms with Crippen LogP contribution in [0.5, 0.6) is 0 Å². The SMILES string of the molecule is Cc1cccc(C2(CNC(=O)c3c(C)nn4cccnc34)CCCCC2)c1. The molecule has 0 spiro atoms. The van der Waals surface area contributed by atoms with Gasteiger partial charge in [-0.1, -0.05) is 49.1 Å². The smallest absolute Gasteiger partial charge is 0.257 e. The van der Waals surface area contributed by atoms with Crippen molar-refractivity contribution >= 4 is 11.6 Å². The summed E-state index contributed by atoms with van der Waals surface area (Å²) in [6.45, 7) is 4.64. The first-order valence-electron chi connectivity index (χ1n) is 9.74. The lowest BCUT2D eigenvalue weighted by Crippen LogP contribution is -2.42. The van der Waals surface area contributed by atoms with Crippen LogP contribution in [0, 0.1) is 13.8 Å². The van der Waals surface area contributed by atoms with Gasteiger partial charge >= 0.3 is 0 Å². The maximum absolute atomic E-state index is 13.0. The molecule has 2 heterocycles. The van der Waals surface area contributed by atoms with Gasteiger partial charge in [0.2, 0.25) is 0 Å². The molecule has 1 N–H and O–H groups in total. The second kappa shape index (κ2) is 7.14. The van der Waals surface area contributed by atoms with Gasteiger partial charge in [0.05, 0.1) is 5.69 Å². The van der Waals surface area contributed by atoms with E-state index in [9.17, 15) is 4.79 Å². The van der Waals surface area contributed by atoms with Crippen LogP contribution in [0.1, 0.15) is 59.3 Å². The quantitative estimate of drug-likeness (QED) is 0.764. The average Bonchev–Trinajstić information content (AvgIpc) is 3.02. The van der Waals surface area contributed by atoms with Gasteiger partial charge in [0, 0.05) is 24.4 Å². The first-order chi connectivity index (χ1) is 13.1. The first kappa shape index (κ1) is 17.7. The normalized spacial score (nSPS) is 16.4. The number of amides is 1. The van der Waals surface area contributed by atoms with Crippen molar-refractivity contribution < 1.29 is 4.79 Å². The van der Waals surface area contributed by atoms with Gasteiger partial charge in [0.15, 0.2) is 5.65 Å². The van der Waals surface area contributed by atoms with Gasteiger partial charge in [0.25, 0.3) is 5.91 Å². The molecule has 0 atom stereocenters. The Bertz CT molecular complexity index is 969. The molecule has 27 heavy (non-hydrogen) atoms. The molecule has 1 aliphatic rings. The fraction of sp³-hybridized carbons (Fsp3) is 0.409. The number of carbonyl (C=O) groups is 1. The summed E-state index contributed by atoms with van der Waals surface area (Å²) >= 11 is 0. The summed E-state index contributed by atoms with van der Waals surface area (Å²) in [5, 5.41) is 7.62. The average molecular weight is 362 g/mol. The molecule has 1 saturated carbocycles. The van der Waals surface area contributed by atoms with Crippen LogP contribution >= 0.6 is 0 Å². The minimum Gasteiger partial charge on any atom is -0.351 e. The predicted octanol–water partition coefficient (Wildman–Crippen LogP) is 3.98. The summed E-state index contributed by atoms with van der Waals surface area (Å²) < 4.78 is 1.67. The lowest BCUT2D eigenvalue weighted by molar-refractivity contribution is 0.0937. The van der Waals surface area contributed by atoms with Crippen LogP contribution in [0.3, 0.4) is 0 Å². The molecular weight excluding hydrogens is 336 g/mol. The van der Waals surface area contributed by atoms with E-state index in [4.69, 9.17) is 0 Å². The molecule has 0 unspecified atom stereocenters. The minimum atomic E-state index is -0.0844. The second-order valence-electron chi connectivity index (χ2n) is 7.74. The summed E-state index contributed by atoms with van der Waals surface area (Å²) in [5.41, 5.74) is 4.53. The van der Waals surface area contributed by atoms with Gasteiger partial charge in [-0.15, -0.1) is 0 Å². The molecule has 1 aromatic carbocycles. The third-order valence-electron chi connectivity index (χ3n) is 5.83. The van der Waals surface area contributed by atoms with Crippen LogP contribution in [0.2, 0.25) is 0 Å². The van der Waals surface area contributed by atoms with E-state index in [0.29, 0.717) is 23.4 Å². The maximum Gasteiger partial charge on any atom is 0.257 e. The Kier molecular flexibility index (Phi) is 4.68. The zero-order valence-electron chi connectivity index (χ0n) is 16.0. The minimum absolute atomic E-state index is 0.0181. The number of nitrogens with one attached hydrogen (secondary N) is 1. The van der Waals surface area contributed by atoms with E-state index in [0.717, 1.165) is 12.8 Å². The lowest BCUT2D eigenvalue weighted by atomic mass is 9.69. The largest absolute Gasteiger partial charge is 0.351 e. The Morgan fingerprint density at radius 1 is 1.19 bits per heavy atom. The Labute approximate surface area is 159 Å². The van der Waals surface area contributed by atoms with Gasteiger partial charge in [-0.05, 0) is 38.3 Å². The number of hydrogen-bond acceptors (Lipinski definition) is 3. The van der Waals surface area contributed by atoms with Crippen molar-refractivity contribution in [2.45, 2.75) is 51.4 Å². The number of fused-ring (bicyclic) bond motifs is 1. The Morgan fingerprint density at radius 3 is 2.78 bits per heavy atom. The Morgan fingerprint density at radius 2 is 2.00 bits per heavy atom. The standard InChI is InChI=1S/C22H26N4O/c1-16-8-6-9-18(14-16)22(10-4-3-5-11-22)15-24-21(27)19-17(2)25-26-13-7-12-23-20(19)26/h6-9,12-14H,3-5,10-11,15H2,1-2H3,(H,24,27). The number of aryl methyl sites for hydroxylation is 2. The lowest BCUT2D eigenvalue weighted by Gasteiger charge is -2.38. The molecule has 0 aliphatic heterocycles. The van der Waals surface area contributed by atoms with Crippen molar-refractivity contribution in [3.63, 3.8) is 0 Å². The molecule has 4 rings (SSSR count). The molecule has 5 heteroatoms. The molecule has 2 aromatic heterocycles. The topological polar surface area (TPSA) is 59.3 Å². The van der Waals surface area contributed by atoms with E-state index in [1.807, 2.05) is 19.2 Å². The highest BCUT2D eigenvalue weighted by atomic mass is 16.1. The monoisotopic (exact) mass is 362 g/mol. The molecule has 1 amide bonds.